The molecule has 0 radical (unpaired) electrons. The Morgan fingerprint density at radius 1 is 0.321 bits per heavy atom. The van der Waals surface area contributed by atoms with Crippen LogP contribution in [0.1, 0.15) is 136 Å². The largest absolute Gasteiger partial charge is 0.0625 e. The zero-order chi connectivity index (χ0) is 19.8. The van der Waals surface area contributed by atoms with Crippen molar-refractivity contribution in [2.24, 2.45) is 41.4 Å². The summed E-state index contributed by atoms with van der Waals surface area (Å²) >= 11 is 0. The molecule has 4 unspecified atom stereocenters. The molecule has 0 saturated heterocycles. The number of hydrogen-bond acceptors (Lipinski definition) is 0. The van der Waals surface area contributed by atoms with Crippen molar-refractivity contribution in [3.63, 3.8) is 0 Å². The van der Waals surface area contributed by atoms with Crippen LogP contribution < -0.4 is 0 Å². The normalized spacial score (nSPS) is 40.8. The summed E-state index contributed by atoms with van der Waals surface area (Å²) < 4.78 is 0. The molecule has 0 spiro atoms. The topological polar surface area (TPSA) is 0 Å². The Labute approximate surface area is 178 Å². The number of rotatable bonds is 2. The van der Waals surface area contributed by atoms with Gasteiger partial charge in [0.2, 0.25) is 0 Å². The highest BCUT2D eigenvalue weighted by Crippen LogP contribution is 2.41. The quantitative estimate of drug-likeness (QED) is 0.442. The van der Waals surface area contributed by atoms with E-state index in [1.807, 2.05) is 0 Å². The predicted octanol–water partition coefficient (Wildman–Crippen LogP) is 9.42. The van der Waals surface area contributed by atoms with E-state index in [0.29, 0.717) is 0 Å². The fraction of sp³-hybridized carbons (Fsp3) is 1.00. The van der Waals surface area contributed by atoms with Gasteiger partial charge in [-0.3, -0.25) is 0 Å². The highest BCUT2D eigenvalue weighted by Gasteiger charge is 2.29. The molecule has 0 nitrogen and oxygen atoms in total. The van der Waals surface area contributed by atoms with Crippen LogP contribution in [0.3, 0.4) is 0 Å². The molecule has 164 valence electrons. The first kappa shape index (κ1) is 22.7. The Bertz CT molecular complexity index is 398. The summed E-state index contributed by atoms with van der Waals surface area (Å²) in [6.45, 7) is 7.61. The summed E-state index contributed by atoms with van der Waals surface area (Å²) in [6.07, 6.45) is 27.5. The van der Waals surface area contributed by atoms with Gasteiger partial charge >= 0.3 is 0 Å². The second-order valence-electron chi connectivity index (χ2n) is 11.8. The van der Waals surface area contributed by atoms with Gasteiger partial charge in [0.15, 0.2) is 0 Å². The average molecular weight is 389 g/mol. The first-order valence-electron chi connectivity index (χ1n) is 13.6. The van der Waals surface area contributed by atoms with Crippen molar-refractivity contribution in [1.29, 1.82) is 0 Å². The third-order valence-electron chi connectivity index (χ3n) is 9.23. The van der Waals surface area contributed by atoms with Gasteiger partial charge in [-0.25, -0.2) is 0 Å². The Hall–Kier alpha value is 0. The minimum absolute atomic E-state index is 0.955. The SMILES string of the molecule is CC1CCC(C2CCCCC(C)CC(C)CC(C3CCCCC3)CCC2)CC1. The maximum Gasteiger partial charge on any atom is -0.0383 e. The van der Waals surface area contributed by atoms with Gasteiger partial charge in [-0.2, -0.15) is 0 Å². The molecule has 0 heterocycles. The third-order valence-corrected chi connectivity index (χ3v) is 9.23. The zero-order valence-corrected chi connectivity index (χ0v) is 19.8. The van der Waals surface area contributed by atoms with E-state index in [1.54, 1.807) is 57.8 Å². The van der Waals surface area contributed by atoms with E-state index >= 15 is 0 Å². The Balaban J connectivity index is 1.60. The Kier molecular flexibility index (Phi) is 9.72. The van der Waals surface area contributed by atoms with Crippen LogP contribution in [0.4, 0.5) is 0 Å². The second-order valence-corrected chi connectivity index (χ2v) is 11.8. The monoisotopic (exact) mass is 388 g/mol. The first-order valence-corrected chi connectivity index (χ1v) is 13.6. The lowest BCUT2D eigenvalue weighted by atomic mass is 9.71. The molecule has 0 aliphatic heterocycles. The van der Waals surface area contributed by atoms with E-state index in [1.165, 1.54) is 57.8 Å². The molecule has 0 aromatic heterocycles. The second kappa shape index (κ2) is 12.0. The van der Waals surface area contributed by atoms with Gasteiger partial charge in [0.05, 0.1) is 0 Å². The zero-order valence-electron chi connectivity index (χ0n) is 19.8. The van der Waals surface area contributed by atoms with Crippen LogP contribution in [0.25, 0.3) is 0 Å². The van der Waals surface area contributed by atoms with E-state index in [4.69, 9.17) is 0 Å². The molecule has 0 amide bonds. The lowest BCUT2D eigenvalue weighted by molar-refractivity contribution is 0.169. The Morgan fingerprint density at radius 3 is 1.54 bits per heavy atom. The van der Waals surface area contributed by atoms with Crippen LogP contribution in [0, 0.1) is 41.4 Å². The molecule has 3 fully saturated rings. The van der Waals surface area contributed by atoms with Gasteiger partial charge < -0.3 is 0 Å². The molecule has 3 rings (SSSR count). The molecule has 3 saturated carbocycles. The lowest BCUT2D eigenvalue weighted by Gasteiger charge is -2.35. The summed E-state index contributed by atoms with van der Waals surface area (Å²) in [5, 5.41) is 0. The van der Waals surface area contributed by atoms with E-state index in [2.05, 4.69) is 20.8 Å². The third kappa shape index (κ3) is 7.36. The molecule has 0 bridgehead atoms. The summed E-state index contributed by atoms with van der Waals surface area (Å²) in [6, 6.07) is 0. The van der Waals surface area contributed by atoms with Crippen LogP contribution in [0.2, 0.25) is 0 Å². The van der Waals surface area contributed by atoms with E-state index in [0.717, 1.165) is 41.4 Å². The molecule has 0 heteroatoms. The first-order chi connectivity index (χ1) is 13.6. The van der Waals surface area contributed by atoms with Gasteiger partial charge in [0.25, 0.3) is 0 Å². The molecular formula is C28H52. The smallest absolute Gasteiger partial charge is 0.0383 e. The maximum atomic E-state index is 2.58. The van der Waals surface area contributed by atoms with E-state index in [-0.39, 0.29) is 0 Å². The van der Waals surface area contributed by atoms with Crippen molar-refractivity contribution < 1.29 is 0 Å². The molecular weight excluding hydrogens is 336 g/mol. The van der Waals surface area contributed by atoms with Crippen LogP contribution in [-0.4, -0.2) is 0 Å². The number of hydrogen-bond donors (Lipinski definition) is 0. The van der Waals surface area contributed by atoms with Crippen LogP contribution in [-0.2, 0) is 0 Å². The van der Waals surface area contributed by atoms with Gasteiger partial charge in [0.1, 0.15) is 0 Å². The standard InChI is InChI=1S/C28H52/c1-22-16-18-27(19-17-22)25-13-8-7-10-23(2)20-24(3)21-28(15-9-14-25)26-11-5-4-6-12-26/h22-28H,4-21H2,1-3H3. The minimum Gasteiger partial charge on any atom is -0.0625 e. The molecule has 4 atom stereocenters. The van der Waals surface area contributed by atoms with Crippen molar-refractivity contribution in [2.75, 3.05) is 0 Å². The minimum atomic E-state index is 0.955. The van der Waals surface area contributed by atoms with Crippen LogP contribution in [0.5, 0.6) is 0 Å². The summed E-state index contributed by atoms with van der Waals surface area (Å²) in [5.41, 5.74) is 0. The van der Waals surface area contributed by atoms with Gasteiger partial charge in [0, 0.05) is 0 Å². The fourth-order valence-corrected chi connectivity index (χ4v) is 7.48. The molecule has 3 aliphatic rings. The van der Waals surface area contributed by atoms with Crippen molar-refractivity contribution in [2.45, 2.75) is 136 Å². The highest BCUT2D eigenvalue weighted by atomic mass is 14.3. The molecule has 0 N–H and O–H groups in total. The van der Waals surface area contributed by atoms with Crippen LogP contribution in [0.15, 0.2) is 0 Å². The average Bonchev–Trinajstić information content (AvgIpc) is 2.71. The maximum absolute atomic E-state index is 2.58. The Morgan fingerprint density at radius 2 is 0.821 bits per heavy atom. The molecule has 0 aromatic carbocycles. The van der Waals surface area contributed by atoms with Gasteiger partial charge in [-0.15, -0.1) is 0 Å². The molecule has 0 aromatic rings. The van der Waals surface area contributed by atoms with Crippen molar-refractivity contribution >= 4 is 0 Å². The van der Waals surface area contributed by atoms with E-state index < -0.39 is 0 Å². The summed E-state index contributed by atoms with van der Waals surface area (Å²) in [5.74, 6) is 7.18. The predicted molar refractivity (Wildman–Crippen MR) is 125 cm³/mol. The van der Waals surface area contributed by atoms with Gasteiger partial charge in [-0.05, 0) is 67.1 Å². The van der Waals surface area contributed by atoms with Crippen LogP contribution >= 0.6 is 0 Å². The fourth-order valence-electron chi connectivity index (χ4n) is 7.48. The van der Waals surface area contributed by atoms with Crippen molar-refractivity contribution in [3.05, 3.63) is 0 Å². The summed E-state index contributed by atoms with van der Waals surface area (Å²) in [4.78, 5) is 0. The molecule has 3 aliphatic carbocycles. The summed E-state index contributed by atoms with van der Waals surface area (Å²) in [7, 11) is 0. The van der Waals surface area contributed by atoms with Crippen molar-refractivity contribution in [3.8, 4) is 0 Å². The molecule has 28 heavy (non-hydrogen) atoms. The van der Waals surface area contributed by atoms with Gasteiger partial charge in [-0.1, -0.05) is 111 Å². The lowest BCUT2D eigenvalue weighted by Crippen LogP contribution is -2.23. The van der Waals surface area contributed by atoms with Crippen molar-refractivity contribution in [1.82, 2.24) is 0 Å². The highest BCUT2D eigenvalue weighted by molar-refractivity contribution is 4.80. The van der Waals surface area contributed by atoms with E-state index in [9.17, 15) is 0 Å².